The van der Waals surface area contributed by atoms with Gasteiger partial charge in [-0.1, -0.05) is 31.2 Å². The van der Waals surface area contributed by atoms with Crippen LogP contribution in [0, 0.1) is 0 Å². The van der Waals surface area contributed by atoms with Gasteiger partial charge in [-0.3, -0.25) is 0 Å². The lowest BCUT2D eigenvalue weighted by molar-refractivity contribution is -0.136. The molecule has 6 nitrogen and oxygen atoms in total. The average Bonchev–Trinajstić information content (AvgIpc) is 2.71. The monoisotopic (exact) mass is 458 g/mol. The summed E-state index contributed by atoms with van der Waals surface area (Å²) in [6, 6.07) is 10.00. The zero-order chi connectivity index (χ0) is 23.2. The first-order valence-electron chi connectivity index (χ1n) is 9.71. The van der Waals surface area contributed by atoms with Gasteiger partial charge in [-0.25, -0.2) is 4.79 Å². The molecule has 0 bridgehead atoms. The summed E-state index contributed by atoms with van der Waals surface area (Å²) in [5.74, 6) is -0.0941. The summed E-state index contributed by atoms with van der Waals surface area (Å²) in [6.45, 7) is 5.13. The number of benzene rings is 2. The highest BCUT2D eigenvalue weighted by Crippen LogP contribution is 2.34. The van der Waals surface area contributed by atoms with Crippen molar-refractivity contribution in [2.45, 2.75) is 46.0 Å². The predicted octanol–water partition coefficient (Wildman–Crippen LogP) is 5.27. The Hall–Kier alpha value is -2.75. The number of urea groups is 1. The van der Waals surface area contributed by atoms with Crippen LogP contribution in [0.1, 0.15) is 38.3 Å². The normalized spacial score (nSPS) is 12.8. The Morgan fingerprint density at radius 3 is 2.42 bits per heavy atom. The van der Waals surface area contributed by atoms with Crippen LogP contribution in [0.15, 0.2) is 48.5 Å². The summed E-state index contributed by atoms with van der Waals surface area (Å²) >= 11 is 0. The minimum atomic E-state index is -4.61. The first-order chi connectivity index (χ1) is 14.5. The Morgan fingerprint density at radius 2 is 1.81 bits per heavy atom. The van der Waals surface area contributed by atoms with Crippen molar-refractivity contribution in [3.8, 4) is 5.75 Å². The van der Waals surface area contributed by atoms with Crippen molar-refractivity contribution < 1.29 is 30.6 Å². The number of anilines is 1. The number of hydrogen-bond acceptors (Lipinski definition) is 4. The van der Waals surface area contributed by atoms with Gasteiger partial charge in [0.1, 0.15) is 5.75 Å². The summed E-state index contributed by atoms with van der Waals surface area (Å²) in [5.41, 5.74) is -0.699. The van der Waals surface area contributed by atoms with Crippen molar-refractivity contribution in [2.75, 3.05) is 11.1 Å². The van der Waals surface area contributed by atoms with Crippen LogP contribution in [0.3, 0.4) is 0 Å². The quantitative estimate of drug-likeness (QED) is 0.547. The number of amides is 2. The molecule has 0 fully saturated rings. The third kappa shape index (κ3) is 6.88. The van der Waals surface area contributed by atoms with Crippen LogP contribution >= 0.6 is 0 Å². The van der Waals surface area contributed by atoms with Gasteiger partial charge in [0.2, 0.25) is 0 Å². The molecule has 0 aliphatic rings. The smallest absolute Gasteiger partial charge is 0.382 e. The van der Waals surface area contributed by atoms with Crippen LogP contribution in [0.2, 0.25) is 0 Å². The molecule has 0 aromatic heterocycles. The number of halogens is 3. The molecule has 0 radical (unpaired) electrons. The molecule has 170 valence electrons. The van der Waals surface area contributed by atoms with Crippen LogP contribution in [-0.4, -0.2) is 31.1 Å². The van der Waals surface area contributed by atoms with Crippen LogP contribution in [0.25, 0.3) is 0 Å². The van der Waals surface area contributed by atoms with Crippen molar-refractivity contribution in [1.29, 1.82) is 0 Å². The molecular formula is C21H25F3N2O4S. The van der Waals surface area contributed by atoms with E-state index in [1.165, 1.54) is 42.2 Å². The lowest BCUT2D eigenvalue weighted by Crippen LogP contribution is -2.41. The predicted molar refractivity (Wildman–Crippen MR) is 112 cm³/mol. The zero-order valence-corrected chi connectivity index (χ0v) is 18.3. The molecule has 2 rings (SSSR count). The fourth-order valence-corrected chi connectivity index (χ4v) is 3.29. The van der Waals surface area contributed by atoms with E-state index in [1.54, 1.807) is 19.1 Å². The van der Waals surface area contributed by atoms with E-state index >= 15 is 0 Å². The Bertz CT molecular complexity index is 1010. The highest BCUT2D eigenvalue weighted by molar-refractivity contribution is 7.87. The summed E-state index contributed by atoms with van der Waals surface area (Å²) in [6.07, 6.45) is -4.05. The van der Waals surface area contributed by atoms with Crippen molar-refractivity contribution in [2.24, 2.45) is 0 Å². The van der Waals surface area contributed by atoms with E-state index in [9.17, 15) is 26.4 Å². The number of nitrogens with zero attached hydrogens (tertiary/aromatic N) is 1. The summed E-state index contributed by atoms with van der Waals surface area (Å²) in [5, 5.41) is 2.35. The number of nitrogens with one attached hydrogen (secondary N) is 1. The lowest BCUT2D eigenvalue weighted by Gasteiger charge is -2.29. The van der Waals surface area contributed by atoms with Crippen molar-refractivity contribution in [3.05, 3.63) is 59.7 Å². The first kappa shape index (κ1) is 24.5. The van der Waals surface area contributed by atoms with Gasteiger partial charge < -0.3 is 14.4 Å². The molecule has 1 unspecified atom stereocenters. The minimum Gasteiger partial charge on any atom is -0.382 e. The van der Waals surface area contributed by atoms with Crippen molar-refractivity contribution in [3.63, 3.8) is 0 Å². The van der Waals surface area contributed by atoms with E-state index < -0.39 is 27.9 Å². The number of carbonyl (C=O) groups excluding carboxylic acids is 1. The summed E-state index contributed by atoms with van der Waals surface area (Å²) in [4.78, 5) is 14.3. The Kier molecular flexibility index (Phi) is 7.94. The van der Waals surface area contributed by atoms with Gasteiger partial charge in [-0.05, 0) is 50.1 Å². The highest BCUT2D eigenvalue weighted by Gasteiger charge is 2.34. The fraction of sp³-hybridized carbons (Fsp3) is 0.381. The molecule has 0 saturated heterocycles. The second-order valence-corrected chi connectivity index (χ2v) is 8.80. The molecule has 1 atom stereocenters. The Balaban J connectivity index is 2.27. The van der Waals surface area contributed by atoms with Gasteiger partial charge in [-0.2, -0.15) is 21.6 Å². The summed E-state index contributed by atoms with van der Waals surface area (Å²) < 4.78 is 68.1. The van der Waals surface area contributed by atoms with E-state index in [-0.39, 0.29) is 29.8 Å². The van der Waals surface area contributed by atoms with Gasteiger partial charge in [0, 0.05) is 12.6 Å². The Morgan fingerprint density at radius 1 is 1.13 bits per heavy atom. The molecule has 0 saturated carbocycles. The SMILES string of the molecule is CCC(C)N(Cc1cccc(OS(=O)(=O)CC)c1)C(=O)Nc1ccccc1C(F)(F)F. The van der Waals surface area contributed by atoms with Gasteiger partial charge >= 0.3 is 22.3 Å². The third-order valence-corrected chi connectivity index (χ3v) is 5.84. The first-order valence-corrected chi connectivity index (χ1v) is 11.3. The van der Waals surface area contributed by atoms with Crippen LogP contribution in [-0.2, 0) is 22.8 Å². The van der Waals surface area contributed by atoms with Gasteiger partial charge in [-0.15, -0.1) is 0 Å². The molecule has 0 heterocycles. The molecule has 2 aromatic rings. The van der Waals surface area contributed by atoms with Gasteiger partial charge in [0.25, 0.3) is 0 Å². The van der Waals surface area contributed by atoms with Crippen LogP contribution in [0.5, 0.6) is 5.75 Å². The maximum Gasteiger partial charge on any atom is 0.418 e. The van der Waals surface area contributed by atoms with E-state index in [2.05, 4.69) is 5.32 Å². The van der Waals surface area contributed by atoms with E-state index in [1.807, 2.05) is 6.92 Å². The lowest BCUT2D eigenvalue weighted by atomic mass is 10.1. The maximum atomic E-state index is 13.3. The van der Waals surface area contributed by atoms with E-state index in [0.29, 0.717) is 12.0 Å². The average molecular weight is 459 g/mol. The second-order valence-electron chi connectivity index (χ2n) is 6.94. The zero-order valence-electron chi connectivity index (χ0n) is 17.4. The molecule has 10 heteroatoms. The molecule has 1 N–H and O–H groups in total. The van der Waals surface area contributed by atoms with Crippen molar-refractivity contribution >= 4 is 21.8 Å². The molecular weight excluding hydrogens is 433 g/mol. The van der Waals surface area contributed by atoms with Crippen molar-refractivity contribution in [1.82, 2.24) is 4.90 Å². The number of alkyl halides is 3. The molecule has 2 aromatic carbocycles. The van der Waals surface area contributed by atoms with Crippen LogP contribution < -0.4 is 9.50 Å². The van der Waals surface area contributed by atoms with E-state index in [4.69, 9.17) is 4.18 Å². The third-order valence-electron chi connectivity index (χ3n) is 4.69. The number of hydrogen-bond donors (Lipinski definition) is 1. The van der Waals surface area contributed by atoms with E-state index in [0.717, 1.165) is 6.07 Å². The van der Waals surface area contributed by atoms with Gasteiger partial charge in [0.05, 0.1) is 17.0 Å². The fourth-order valence-electron chi connectivity index (χ4n) is 2.77. The molecule has 0 spiro atoms. The second kappa shape index (κ2) is 10.0. The molecule has 2 amide bonds. The highest BCUT2D eigenvalue weighted by atomic mass is 32.2. The van der Waals surface area contributed by atoms with Gasteiger partial charge in [0.15, 0.2) is 0 Å². The topological polar surface area (TPSA) is 75.7 Å². The summed E-state index contributed by atoms with van der Waals surface area (Å²) in [7, 11) is -3.71. The maximum absolute atomic E-state index is 13.3. The molecule has 31 heavy (non-hydrogen) atoms. The largest absolute Gasteiger partial charge is 0.418 e. The number of rotatable bonds is 8. The number of para-hydroxylation sites is 1. The Labute approximate surface area is 180 Å². The molecule has 0 aliphatic carbocycles. The minimum absolute atomic E-state index is 0.0540. The standard InChI is InChI=1S/C21H25F3N2O4S/c1-4-15(3)26(14-16-9-8-10-17(13-16)30-31(28,29)5-2)20(27)25-19-12-7-6-11-18(19)21(22,23)24/h6-13,15H,4-5,14H2,1-3H3,(H,25,27). The number of carbonyl (C=O) groups is 1. The van der Waals surface area contributed by atoms with Crippen LogP contribution in [0.4, 0.5) is 23.7 Å². The molecule has 0 aliphatic heterocycles.